The number of thiophene rings is 1. The van der Waals surface area contributed by atoms with Gasteiger partial charge in [0.2, 0.25) is 5.91 Å². The number of hydrogen-bond donors (Lipinski definition) is 3. The van der Waals surface area contributed by atoms with Crippen LogP contribution in [0.25, 0.3) is 0 Å². The Bertz CT molecular complexity index is 759. The van der Waals surface area contributed by atoms with Crippen molar-refractivity contribution in [3.05, 3.63) is 52.2 Å². The quantitative estimate of drug-likeness (QED) is 0.628. The molecule has 0 atom stereocenters. The Labute approximate surface area is 176 Å². The lowest BCUT2D eigenvalue weighted by molar-refractivity contribution is -0.116. The second-order valence-corrected chi connectivity index (χ2v) is 8.18. The van der Waals surface area contributed by atoms with Crippen LogP contribution >= 0.6 is 23.7 Å². The molecule has 28 heavy (non-hydrogen) atoms. The van der Waals surface area contributed by atoms with Crippen molar-refractivity contribution in [1.82, 2.24) is 5.32 Å². The second kappa shape index (κ2) is 11.2. The first-order chi connectivity index (χ1) is 13.1. The molecule has 1 aliphatic rings. The molecule has 0 saturated heterocycles. The molecule has 1 fully saturated rings. The topological polar surface area (TPSA) is 84.2 Å². The van der Waals surface area contributed by atoms with Gasteiger partial charge in [-0.25, -0.2) is 0 Å². The average Bonchev–Trinajstić information content (AvgIpc) is 3.17. The molecule has 7 heteroatoms. The number of anilines is 1. The minimum Gasteiger partial charge on any atom is -0.349 e. The standard InChI is InChI=1S/C21H27N3O2S.ClH/c22-16-9-11-17(12-10-16)24-21(26)15-4-1-5-18(14-15)23-20(25)8-2-6-19-7-3-13-27-19;/h1,3-5,7,13-14,16-17H,2,6,8-12,22H2,(H,23,25)(H,24,26);1H. The zero-order valence-electron chi connectivity index (χ0n) is 15.9. The van der Waals surface area contributed by atoms with Crippen LogP contribution in [0.4, 0.5) is 5.69 Å². The minimum atomic E-state index is -0.0933. The lowest BCUT2D eigenvalue weighted by Gasteiger charge is -2.26. The van der Waals surface area contributed by atoms with E-state index in [1.807, 2.05) is 17.5 Å². The van der Waals surface area contributed by atoms with Crippen molar-refractivity contribution in [3.8, 4) is 0 Å². The third-order valence-corrected chi connectivity index (χ3v) is 5.86. The van der Waals surface area contributed by atoms with Crippen molar-refractivity contribution < 1.29 is 9.59 Å². The fraction of sp³-hybridized carbons (Fsp3) is 0.429. The van der Waals surface area contributed by atoms with Gasteiger partial charge in [0.25, 0.3) is 5.91 Å². The Morgan fingerprint density at radius 2 is 1.89 bits per heavy atom. The Morgan fingerprint density at radius 1 is 1.11 bits per heavy atom. The number of aryl methyl sites for hydroxylation is 1. The van der Waals surface area contributed by atoms with Gasteiger partial charge >= 0.3 is 0 Å². The Hall–Kier alpha value is -1.89. The molecule has 0 bridgehead atoms. The number of rotatable bonds is 7. The summed E-state index contributed by atoms with van der Waals surface area (Å²) < 4.78 is 0. The molecule has 0 spiro atoms. The van der Waals surface area contributed by atoms with E-state index in [2.05, 4.69) is 16.7 Å². The van der Waals surface area contributed by atoms with Crippen LogP contribution in [-0.4, -0.2) is 23.9 Å². The Morgan fingerprint density at radius 3 is 2.61 bits per heavy atom. The van der Waals surface area contributed by atoms with Gasteiger partial charge in [-0.1, -0.05) is 12.1 Å². The van der Waals surface area contributed by atoms with Crippen LogP contribution in [0.5, 0.6) is 0 Å². The molecule has 1 saturated carbocycles. The number of nitrogens with one attached hydrogen (secondary N) is 2. The molecule has 1 aliphatic carbocycles. The van der Waals surface area contributed by atoms with Crippen LogP contribution < -0.4 is 16.4 Å². The summed E-state index contributed by atoms with van der Waals surface area (Å²) in [5.74, 6) is -0.116. The predicted molar refractivity (Wildman–Crippen MR) is 117 cm³/mol. The highest BCUT2D eigenvalue weighted by Gasteiger charge is 2.20. The maximum Gasteiger partial charge on any atom is 0.251 e. The fourth-order valence-corrected chi connectivity index (χ4v) is 4.12. The number of amides is 2. The molecule has 5 nitrogen and oxygen atoms in total. The number of nitrogens with two attached hydrogens (primary N) is 1. The van der Waals surface area contributed by atoms with Gasteiger partial charge in [-0.2, -0.15) is 0 Å². The molecule has 3 rings (SSSR count). The molecule has 2 aromatic rings. The zero-order valence-corrected chi connectivity index (χ0v) is 17.5. The molecule has 0 unspecified atom stereocenters. The van der Waals surface area contributed by atoms with Crippen molar-refractivity contribution in [2.45, 2.75) is 57.0 Å². The summed E-state index contributed by atoms with van der Waals surface area (Å²) >= 11 is 1.71. The van der Waals surface area contributed by atoms with Crippen LogP contribution in [0.15, 0.2) is 41.8 Å². The Balaban J connectivity index is 0.00000280. The van der Waals surface area contributed by atoms with Crippen molar-refractivity contribution in [2.75, 3.05) is 5.32 Å². The van der Waals surface area contributed by atoms with E-state index in [9.17, 15) is 9.59 Å². The van der Waals surface area contributed by atoms with Crippen LogP contribution in [0.2, 0.25) is 0 Å². The summed E-state index contributed by atoms with van der Waals surface area (Å²) in [4.78, 5) is 25.9. The van der Waals surface area contributed by atoms with Crippen molar-refractivity contribution >= 4 is 41.2 Å². The first-order valence-electron chi connectivity index (χ1n) is 9.59. The maximum absolute atomic E-state index is 12.5. The van der Waals surface area contributed by atoms with Crippen LogP contribution in [-0.2, 0) is 11.2 Å². The summed E-state index contributed by atoms with van der Waals surface area (Å²) in [5.41, 5.74) is 7.15. The third kappa shape index (κ3) is 6.93. The van der Waals surface area contributed by atoms with E-state index in [0.29, 0.717) is 17.7 Å². The lowest BCUT2D eigenvalue weighted by atomic mass is 9.91. The highest BCUT2D eigenvalue weighted by Crippen LogP contribution is 2.18. The van der Waals surface area contributed by atoms with E-state index < -0.39 is 0 Å². The van der Waals surface area contributed by atoms with Gasteiger partial charge in [0.05, 0.1) is 0 Å². The van der Waals surface area contributed by atoms with E-state index in [-0.39, 0.29) is 36.3 Å². The van der Waals surface area contributed by atoms with E-state index in [0.717, 1.165) is 38.5 Å². The highest BCUT2D eigenvalue weighted by molar-refractivity contribution is 7.09. The predicted octanol–water partition coefficient (Wildman–Crippen LogP) is 4.13. The van der Waals surface area contributed by atoms with Gasteiger partial charge < -0.3 is 16.4 Å². The first-order valence-corrected chi connectivity index (χ1v) is 10.5. The normalized spacial score (nSPS) is 18.8. The average molecular weight is 422 g/mol. The number of carbonyl (C=O) groups excluding carboxylic acids is 2. The van der Waals surface area contributed by atoms with Crippen LogP contribution in [0.1, 0.15) is 53.8 Å². The summed E-state index contributed by atoms with van der Waals surface area (Å²) in [6.45, 7) is 0. The molecule has 0 radical (unpaired) electrons. The van der Waals surface area contributed by atoms with Crippen molar-refractivity contribution in [2.24, 2.45) is 5.73 Å². The maximum atomic E-state index is 12.5. The van der Waals surface area contributed by atoms with Crippen LogP contribution in [0.3, 0.4) is 0 Å². The van der Waals surface area contributed by atoms with Gasteiger partial charge in [-0.15, -0.1) is 23.7 Å². The summed E-state index contributed by atoms with van der Waals surface area (Å²) in [7, 11) is 0. The summed E-state index contributed by atoms with van der Waals surface area (Å²) in [6, 6.07) is 11.7. The molecule has 4 N–H and O–H groups in total. The molecule has 2 amide bonds. The van der Waals surface area contributed by atoms with E-state index >= 15 is 0 Å². The number of hydrogen-bond acceptors (Lipinski definition) is 4. The molecule has 1 heterocycles. The number of carbonyl (C=O) groups is 2. The second-order valence-electron chi connectivity index (χ2n) is 7.15. The monoisotopic (exact) mass is 421 g/mol. The molecular formula is C21H28ClN3O2S. The smallest absolute Gasteiger partial charge is 0.251 e. The molecular weight excluding hydrogens is 394 g/mol. The van der Waals surface area contributed by atoms with E-state index in [1.54, 1.807) is 29.5 Å². The van der Waals surface area contributed by atoms with Gasteiger partial charge in [0.1, 0.15) is 0 Å². The zero-order chi connectivity index (χ0) is 19.1. The summed E-state index contributed by atoms with van der Waals surface area (Å²) in [6.07, 6.45) is 5.95. The first kappa shape index (κ1) is 22.4. The Kier molecular flexibility index (Phi) is 8.96. The van der Waals surface area contributed by atoms with Crippen molar-refractivity contribution in [3.63, 3.8) is 0 Å². The van der Waals surface area contributed by atoms with Gasteiger partial charge in [-0.3, -0.25) is 9.59 Å². The highest BCUT2D eigenvalue weighted by atomic mass is 35.5. The number of benzene rings is 1. The lowest BCUT2D eigenvalue weighted by Crippen LogP contribution is -2.40. The molecule has 152 valence electrons. The largest absolute Gasteiger partial charge is 0.349 e. The molecule has 0 aliphatic heterocycles. The molecule has 1 aromatic heterocycles. The van der Waals surface area contributed by atoms with Crippen molar-refractivity contribution in [1.29, 1.82) is 0 Å². The van der Waals surface area contributed by atoms with Gasteiger partial charge in [0, 0.05) is 34.6 Å². The van der Waals surface area contributed by atoms with Gasteiger partial charge in [-0.05, 0) is 68.2 Å². The van der Waals surface area contributed by atoms with Crippen LogP contribution in [0, 0.1) is 0 Å². The van der Waals surface area contributed by atoms with E-state index in [4.69, 9.17) is 5.73 Å². The fourth-order valence-electron chi connectivity index (χ4n) is 3.37. The van der Waals surface area contributed by atoms with E-state index in [1.165, 1.54) is 4.88 Å². The summed E-state index contributed by atoms with van der Waals surface area (Å²) in [5, 5.41) is 8.02. The van der Waals surface area contributed by atoms with Gasteiger partial charge in [0.15, 0.2) is 0 Å². The minimum absolute atomic E-state index is 0. The third-order valence-electron chi connectivity index (χ3n) is 4.92. The SMILES string of the molecule is Cl.NC1CCC(NC(=O)c2cccc(NC(=O)CCCc3cccs3)c2)CC1. The number of halogens is 1. The molecule has 1 aromatic carbocycles.